The van der Waals surface area contributed by atoms with Gasteiger partial charge in [-0.3, -0.25) is 9.59 Å². The molecule has 0 aromatic carbocycles. The van der Waals surface area contributed by atoms with E-state index in [4.69, 9.17) is 9.47 Å². The Labute approximate surface area is 122 Å². The standard InChI is InChI=1S/C9H16O2.C7H12O2/c1-7(2)8-5-3-4-6-9(10)11-8;1-6-3-2-4-9-7(8)5-6/h7-8H,3-6H2,1-2H3;6H,2-5H2,1H3. The summed E-state index contributed by atoms with van der Waals surface area (Å²) in [4.78, 5) is 21.6. The van der Waals surface area contributed by atoms with E-state index < -0.39 is 0 Å². The lowest BCUT2D eigenvalue weighted by atomic mass is 10.0. The second kappa shape index (κ2) is 8.98. The smallest absolute Gasteiger partial charge is 0.306 e. The molecule has 116 valence electrons. The van der Waals surface area contributed by atoms with E-state index in [9.17, 15) is 9.59 Å². The molecule has 2 atom stereocenters. The van der Waals surface area contributed by atoms with Crippen LogP contribution in [0.4, 0.5) is 0 Å². The number of hydrogen-bond donors (Lipinski definition) is 0. The second-order valence-corrected chi connectivity index (χ2v) is 6.19. The van der Waals surface area contributed by atoms with Crippen molar-refractivity contribution in [2.75, 3.05) is 6.61 Å². The van der Waals surface area contributed by atoms with Gasteiger partial charge in [0, 0.05) is 12.8 Å². The molecule has 2 heterocycles. The van der Waals surface area contributed by atoms with Gasteiger partial charge in [0.25, 0.3) is 0 Å². The lowest BCUT2D eigenvalue weighted by Gasteiger charge is -2.18. The van der Waals surface area contributed by atoms with Gasteiger partial charge in [-0.1, -0.05) is 20.8 Å². The van der Waals surface area contributed by atoms with Gasteiger partial charge in [-0.25, -0.2) is 0 Å². The van der Waals surface area contributed by atoms with Crippen LogP contribution in [0.25, 0.3) is 0 Å². The van der Waals surface area contributed by atoms with Crippen molar-refractivity contribution >= 4 is 11.9 Å². The fraction of sp³-hybridized carbons (Fsp3) is 0.875. The Morgan fingerprint density at radius 2 is 1.80 bits per heavy atom. The van der Waals surface area contributed by atoms with Crippen molar-refractivity contribution in [2.24, 2.45) is 11.8 Å². The average molecular weight is 284 g/mol. The van der Waals surface area contributed by atoms with Crippen LogP contribution in [0.3, 0.4) is 0 Å². The average Bonchev–Trinajstić information content (AvgIpc) is 2.70. The van der Waals surface area contributed by atoms with E-state index in [0.717, 1.165) is 32.1 Å². The minimum absolute atomic E-state index is 0.0128. The molecule has 4 heteroatoms. The summed E-state index contributed by atoms with van der Waals surface area (Å²) in [5.74, 6) is 0.957. The highest BCUT2D eigenvalue weighted by Gasteiger charge is 2.20. The van der Waals surface area contributed by atoms with Crippen LogP contribution >= 0.6 is 0 Å². The largest absolute Gasteiger partial charge is 0.466 e. The first kappa shape index (κ1) is 17.0. The molecule has 0 radical (unpaired) electrons. The van der Waals surface area contributed by atoms with Crippen molar-refractivity contribution in [1.82, 2.24) is 0 Å². The molecule has 0 bridgehead atoms. The summed E-state index contributed by atoms with van der Waals surface area (Å²) in [6.07, 6.45) is 6.74. The normalized spacial score (nSPS) is 27.6. The zero-order chi connectivity index (χ0) is 15.0. The van der Waals surface area contributed by atoms with Gasteiger partial charge in [-0.05, 0) is 43.9 Å². The summed E-state index contributed by atoms with van der Waals surface area (Å²) in [6.45, 7) is 6.92. The van der Waals surface area contributed by atoms with E-state index in [-0.39, 0.29) is 18.0 Å². The van der Waals surface area contributed by atoms with Crippen LogP contribution in [-0.2, 0) is 19.1 Å². The van der Waals surface area contributed by atoms with Gasteiger partial charge < -0.3 is 9.47 Å². The Hall–Kier alpha value is -1.06. The molecule has 2 saturated heterocycles. The third kappa shape index (κ3) is 6.92. The highest BCUT2D eigenvalue weighted by atomic mass is 16.5. The van der Waals surface area contributed by atoms with Crippen molar-refractivity contribution in [3.05, 3.63) is 0 Å². The minimum Gasteiger partial charge on any atom is -0.466 e. The van der Waals surface area contributed by atoms with E-state index in [1.54, 1.807) is 0 Å². The van der Waals surface area contributed by atoms with Crippen LogP contribution in [-0.4, -0.2) is 24.6 Å². The first-order valence-electron chi connectivity index (χ1n) is 7.84. The molecule has 2 fully saturated rings. The molecule has 0 amide bonds. The molecular weight excluding hydrogens is 256 g/mol. The number of cyclic esters (lactones) is 2. The quantitative estimate of drug-likeness (QED) is 0.692. The second-order valence-electron chi connectivity index (χ2n) is 6.19. The summed E-state index contributed by atoms with van der Waals surface area (Å²) < 4.78 is 10.1. The zero-order valence-corrected chi connectivity index (χ0v) is 13.0. The van der Waals surface area contributed by atoms with Gasteiger partial charge in [0.05, 0.1) is 6.61 Å². The summed E-state index contributed by atoms with van der Waals surface area (Å²) in [6, 6.07) is 0. The molecular formula is C16H28O4. The molecule has 4 nitrogen and oxygen atoms in total. The molecule has 0 aromatic heterocycles. The van der Waals surface area contributed by atoms with E-state index in [0.29, 0.717) is 31.3 Å². The summed E-state index contributed by atoms with van der Waals surface area (Å²) in [5.41, 5.74) is 0. The van der Waals surface area contributed by atoms with Crippen molar-refractivity contribution in [3.8, 4) is 0 Å². The molecule has 2 aliphatic heterocycles. The molecule has 2 unspecified atom stereocenters. The molecule has 0 spiro atoms. The number of carbonyl (C=O) groups excluding carboxylic acids is 2. The van der Waals surface area contributed by atoms with Crippen LogP contribution in [0.5, 0.6) is 0 Å². The summed E-state index contributed by atoms with van der Waals surface area (Å²) in [5, 5.41) is 0. The first-order chi connectivity index (χ1) is 9.49. The van der Waals surface area contributed by atoms with Gasteiger partial charge in [0.1, 0.15) is 6.10 Å². The van der Waals surface area contributed by atoms with E-state index in [1.165, 1.54) is 0 Å². The number of rotatable bonds is 1. The number of ether oxygens (including phenoxy) is 2. The fourth-order valence-corrected chi connectivity index (χ4v) is 2.43. The maximum atomic E-state index is 11.0. The molecule has 2 aliphatic rings. The van der Waals surface area contributed by atoms with Crippen molar-refractivity contribution in [2.45, 2.75) is 71.8 Å². The number of carbonyl (C=O) groups is 2. The Kier molecular flexibility index (Phi) is 7.63. The lowest BCUT2D eigenvalue weighted by molar-refractivity contribution is -0.150. The molecule has 20 heavy (non-hydrogen) atoms. The monoisotopic (exact) mass is 284 g/mol. The molecule has 0 saturated carbocycles. The van der Waals surface area contributed by atoms with Crippen LogP contribution in [0.1, 0.15) is 65.7 Å². The zero-order valence-electron chi connectivity index (χ0n) is 13.0. The van der Waals surface area contributed by atoms with Crippen LogP contribution in [0.15, 0.2) is 0 Å². The van der Waals surface area contributed by atoms with Gasteiger partial charge in [-0.2, -0.15) is 0 Å². The number of esters is 2. The Morgan fingerprint density at radius 3 is 2.50 bits per heavy atom. The van der Waals surface area contributed by atoms with E-state index in [1.807, 2.05) is 0 Å². The first-order valence-corrected chi connectivity index (χ1v) is 7.84. The van der Waals surface area contributed by atoms with Gasteiger partial charge in [0.2, 0.25) is 0 Å². The Bertz CT molecular complexity index is 312. The van der Waals surface area contributed by atoms with Gasteiger partial charge in [0.15, 0.2) is 0 Å². The van der Waals surface area contributed by atoms with Crippen molar-refractivity contribution < 1.29 is 19.1 Å². The highest BCUT2D eigenvalue weighted by Crippen LogP contribution is 2.19. The Balaban J connectivity index is 0.000000204. The highest BCUT2D eigenvalue weighted by molar-refractivity contribution is 5.70. The van der Waals surface area contributed by atoms with Crippen LogP contribution in [0.2, 0.25) is 0 Å². The summed E-state index contributed by atoms with van der Waals surface area (Å²) >= 11 is 0. The topological polar surface area (TPSA) is 52.6 Å². The SMILES string of the molecule is CC(C)C1CCCCC(=O)O1.CC1CCCOC(=O)C1. The third-order valence-electron chi connectivity index (χ3n) is 3.77. The molecule has 0 N–H and O–H groups in total. The van der Waals surface area contributed by atoms with Crippen molar-refractivity contribution in [1.29, 1.82) is 0 Å². The Morgan fingerprint density at radius 1 is 1.05 bits per heavy atom. The van der Waals surface area contributed by atoms with Crippen molar-refractivity contribution in [3.63, 3.8) is 0 Å². The van der Waals surface area contributed by atoms with Crippen LogP contribution in [0, 0.1) is 11.8 Å². The predicted molar refractivity (Wildman–Crippen MR) is 77.2 cm³/mol. The predicted octanol–water partition coefficient (Wildman–Crippen LogP) is 3.48. The summed E-state index contributed by atoms with van der Waals surface area (Å²) in [7, 11) is 0. The molecule has 2 rings (SSSR count). The third-order valence-corrected chi connectivity index (χ3v) is 3.77. The molecule has 0 aliphatic carbocycles. The van der Waals surface area contributed by atoms with E-state index >= 15 is 0 Å². The van der Waals surface area contributed by atoms with Crippen LogP contribution < -0.4 is 0 Å². The lowest BCUT2D eigenvalue weighted by Crippen LogP contribution is -2.21. The van der Waals surface area contributed by atoms with Gasteiger partial charge in [-0.15, -0.1) is 0 Å². The maximum Gasteiger partial charge on any atom is 0.306 e. The maximum absolute atomic E-state index is 11.0. The fourth-order valence-electron chi connectivity index (χ4n) is 2.43. The molecule has 0 aromatic rings. The number of hydrogen-bond acceptors (Lipinski definition) is 4. The van der Waals surface area contributed by atoms with E-state index in [2.05, 4.69) is 20.8 Å². The van der Waals surface area contributed by atoms with Gasteiger partial charge >= 0.3 is 11.9 Å². The minimum atomic E-state index is -0.0278.